The van der Waals surface area contributed by atoms with Crippen molar-refractivity contribution in [2.75, 3.05) is 45.4 Å². The molecule has 9 nitrogen and oxygen atoms in total. The molecule has 0 saturated heterocycles. The first kappa shape index (κ1) is 25.9. The predicted molar refractivity (Wildman–Crippen MR) is 149 cm³/mol. The summed E-state index contributed by atoms with van der Waals surface area (Å²) in [7, 11) is 3.34. The Balaban J connectivity index is 1.47. The molecule has 200 valence electrons. The zero-order valence-corrected chi connectivity index (χ0v) is 22.5. The molecule has 2 heterocycles. The smallest absolute Gasteiger partial charge is 0.124 e. The van der Waals surface area contributed by atoms with Crippen LogP contribution in [-0.4, -0.2) is 65.3 Å². The molecule has 0 spiro atoms. The summed E-state index contributed by atoms with van der Waals surface area (Å²) in [6.07, 6.45) is 8.11. The lowest BCUT2D eigenvalue weighted by Gasteiger charge is -2.26. The second kappa shape index (κ2) is 11.0. The Hall–Kier alpha value is -3.69. The van der Waals surface area contributed by atoms with Crippen molar-refractivity contribution in [3.8, 4) is 22.8 Å². The van der Waals surface area contributed by atoms with E-state index in [0.717, 1.165) is 51.7 Å². The minimum absolute atomic E-state index is 0.110. The minimum Gasteiger partial charge on any atom is -0.497 e. The summed E-state index contributed by atoms with van der Waals surface area (Å²) in [5.74, 6) is 2.19. The van der Waals surface area contributed by atoms with Crippen molar-refractivity contribution in [1.82, 2.24) is 25.1 Å². The van der Waals surface area contributed by atoms with Crippen molar-refractivity contribution in [2.45, 2.75) is 32.2 Å². The van der Waals surface area contributed by atoms with Gasteiger partial charge in [-0.3, -0.25) is 9.67 Å². The number of aliphatic hydroxyl groups is 1. The number of rotatable bonds is 12. The van der Waals surface area contributed by atoms with E-state index < -0.39 is 0 Å². The van der Waals surface area contributed by atoms with Gasteiger partial charge in [0.05, 0.1) is 55.5 Å². The second-order valence-corrected chi connectivity index (χ2v) is 10.4. The standard InChI is InChI=1S/C29H36N6O3/c1-29(2,19-30-9-10-36)35-18-21(15-32-35)28-16-31-26-8-7-22(13-27(26)33-28)34(17-20-5-6-20)23-11-24(37-3)14-25(12-23)38-4/h7-8,11-16,18,20,30,36H,5-6,9-10,17,19H2,1-4H3. The van der Waals surface area contributed by atoms with Crippen LogP contribution in [0.15, 0.2) is 55.0 Å². The summed E-state index contributed by atoms with van der Waals surface area (Å²) in [4.78, 5) is 12.0. The molecule has 9 heteroatoms. The Morgan fingerprint density at radius 3 is 2.47 bits per heavy atom. The number of hydrogen-bond acceptors (Lipinski definition) is 8. The first-order valence-electron chi connectivity index (χ1n) is 13.0. The molecule has 38 heavy (non-hydrogen) atoms. The van der Waals surface area contributed by atoms with Crippen LogP contribution in [0.2, 0.25) is 0 Å². The van der Waals surface area contributed by atoms with Crippen molar-refractivity contribution in [3.05, 3.63) is 55.0 Å². The maximum Gasteiger partial charge on any atom is 0.124 e. The fourth-order valence-corrected chi connectivity index (χ4v) is 4.51. The van der Waals surface area contributed by atoms with Crippen LogP contribution in [0.4, 0.5) is 11.4 Å². The number of aliphatic hydroxyl groups excluding tert-OH is 1. The molecule has 5 rings (SSSR count). The lowest BCUT2D eigenvalue weighted by molar-refractivity contribution is 0.262. The number of methoxy groups -OCH3 is 2. The monoisotopic (exact) mass is 516 g/mol. The lowest BCUT2D eigenvalue weighted by Crippen LogP contribution is -2.39. The van der Waals surface area contributed by atoms with Gasteiger partial charge in [0.2, 0.25) is 0 Å². The van der Waals surface area contributed by atoms with Gasteiger partial charge >= 0.3 is 0 Å². The van der Waals surface area contributed by atoms with E-state index in [1.807, 2.05) is 41.3 Å². The molecule has 1 aliphatic rings. The van der Waals surface area contributed by atoms with Crippen LogP contribution in [0.1, 0.15) is 26.7 Å². The van der Waals surface area contributed by atoms with E-state index in [-0.39, 0.29) is 12.1 Å². The summed E-state index contributed by atoms with van der Waals surface area (Å²) < 4.78 is 13.0. The van der Waals surface area contributed by atoms with E-state index in [0.29, 0.717) is 19.0 Å². The van der Waals surface area contributed by atoms with E-state index in [4.69, 9.17) is 24.5 Å². The molecule has 0 bridgehead atoms. The highest BCUT2D eigenvalue weighted by Crippen LogP contribution is 2.38. The molecule has 2 aromatic carbocycles. The van der Waals surface area contributed by atoms with E-state index in [1.165, 1.54) is 12.8 Å². The van der Waals surface area contributed by atoms with Crippen LogP contribution in [0.5, 0.6) is 11.5 Å². The third-order valence-corrected chi connectivity index (χ3v) is 6.97. The Morgan fingerprint density at radius 1 is 1.03 bits per heavy atom. The Bertz CT molecular complexity index is 1380. The molecule has 1 saturated carbocycles. The van der Waals surface area contributed by atoms with Crippen molar-refractivity contribution in [2.24, 2.45) is 5.92 Å². The maximum absolute atomic E-state index is 9.07. The number of ether oxygens (including phenoxy) is 2. The Kier molecular flexibility index (Phi) is 7.49. The van der Waals surface area contributed by atoms with Crippen molar-refractivity contribution >= 4 is 22.4 Å². The van der Waals surface area contributed by atoms with Gasteiger partial charge in [-0.1, -0.05) is 0 Å². The number of anilines is 2. The third-order valence-electron chi connectivity index (χ3n) is 6.97. The molecule has 1 fully saturated rings. The average molecular weight is 517 g/mol. The molecular weight excluding hydrogens is 480 g/mol. The van der Waals surface area contributed by atoms with Crippen LogP contribution in [0.25, 0.3) is 22.3 Å². The third kappa shape index (κ3) is 5.74. The molecule has 2 aromatic heterocycles. The van der Waals surface area contributed by atoms with Crippen molar-refractivity contribution < 1.29 is 14.6 Å². The topological polar surface area (TPSA) is 97.6 Å². The van der Waals surface area contributed by atoms with Crippen LogP contribution < -0.4 is 19.7 Å². The van der Waals surface area contributed by atoms with Crippen LogP contribution in [0, 0.1) is 5.92 Å². The van der Waals surface area contributed by atoms with E-state index in [9.17, 15) is 0 Å². The molecule has 0 unspecified atom stereocenters. The second-order valence-electron chi connectivity index (χ2n) is 10.4. The van der Waals surface area contributed by atoms with Crippen molar-refractivity contribution in [1.29, 1.82) is 0 Å². The predicted octanol–water partition coefficient (Wildman–Crippen LogP) is 4.38. The highest BCUT2D eigenvalue weighted by molar-refractivity contribution is 5.82. The first-order chi connectivity index (χ1) is 18.4. The van der Waals surface area contributed by atoms with Gasteiger partial charge in [0.25, 0.3) is 0 Å². The molecule has 2 N–H and O–H groups in total. The zero-order chi connectivity index (χ0) is 26.7. The maximum atomic E-state index is 9.07. The number of aromatic nitrogens is 4. The lowest BCUT2D eigenvalue weighted by atomic mass is 10.1. The molecular formula is C29H36N6O3. The summed E-state index contributed by atoms with van der Waals surface area (Å²) >= 11 is 0. The van der Waals surface area contributed by atoms with E-state index in [1.54, 1.807) is 20.4 Å². The van der Waals surface area contributed by atoms with E-state index in [2.05, 4.69) is 41.3 Å². The fraction of sp³-hybridized carbons (Fsp3) is 0.414. The average Bonchev–Trinajstić information content (AvgIpc) is 3.61. The molecule has 0 atom stereocenters. The summed E-state index contributed by atoms with van der Waals surface area (Å²) in [6.45, 7) is 6.48. The molecule has 0 radical (unpaired) electrons. The van der Waals surface area contributed by atoms with Gasteiger partial charge in [-0.25, -0.2) is 4.98 Å². The van der Waals surface area contributed by atoms with Gasteiger partial charge in [0.15, 0.2) is 0 Å². The fourth-order valence-electron chi connectivity index (χ4n) is 4.51. The Labute approximate surface area is 223 Å². The van der Waals surface area contributed by atoms with Gasteiger partial charge in [-0.2, -0.15) is 5.10 Å². The van der Waals surface area contributed by atoms with Crippen molar-refractivity contribution in [3.63, 3.8) is 0 Å². The van der Waals surface area contributed by atoms with Gasteiger partial charge < -0.3 is 24.8 Å². The summed E-state index contributed by atoms with van der Waals surface area (Å²) in [6, 6.07) is 12.2. The highest BCUT2D eigenvalue weighted by Gasteiger charge is 2.26. The number of nitrogens with zero attached hydrogens (tertiary/aromatic N) is 5. The number of fused-ring (bicyclic) bond motifs is 1. The number of benzene rings is 2. The Morgan fingerprint density at radius 2 is 1.79 bits per heavy atom. The van der Waals surface area contributed by atoms with Crippen LogP contribution in [-0.2, 0) is 5.54 Å². The van der Waals surface area contributed by atoms with Gasteiger partial charge in [0, 0.05) is 61.0 Å². The van der Waals surface area contributed by atoms with Crippen LogP contribution in [0.3, 0.4) is 0 Å². The molecule has 0 aliphatic heterocycles. The van der Waals surface area contributed by atoms with Gasteiger partial charge in [0.1, 0.15) is 11.5 Å². The van der Waals surface area contributed by atoms with Gasteiger partial charge in [-0.15, -0.1) is 0 Å². The minimum atomic E-state index is -0.258. The molecule has 1 aliphatic carbocycles. The normalized spacial score (nSPS) is 13.6. The number of nitrogens with one attached hydrogen (secondary N) is 1. The molecule has 0 amide bonds. The summed E-state index contributed by atoms with van der Waals surface area (Å²) in [5, 5.41) is 16.9. The van der Waals surface area contributed by atoms with Crippen LogP contribution >= 0.6 is 0 Å². The van der Waals surface area contributed by atoms with E-state index >= 15 is 0 Å². The number of hydrogen-bond donors (Lipinski definition) is 2. The zero-order valence-electron chi connectivity index (χ0n) is 22.5. The molecule has 4 aromatic rings. The quantitative estimate of drug-likeness (QED) is 0.268. The summed E-state index contributed by atoms with van der Waals surface area (Å²) in [5.41, 5.74) is 5.17. The highest BCUT2D eigenvalue weighted by atomic mass is 16.5. The largest absolute Gasteiger partial charge is 0.497 e. The first-order valence-corrected chi connectivity index (χ1v) is 13.0. The SMILES string of the molecule is COc1cc(OC)cc(N(CC2CC2)c2ccc3ncc(-c4cnn(C(C)(C)CNCCO)c4)nc3c2)c1. The van der Waals surface area contributed by atoms with Gasteiger partial charge in [-0.05, 0) is 50.8 Å².